The van der Waals surface area contributed by atoms with Crippen molar-refractivity contribution in [3.63, 3.8) is 0 Å². The van der Waals surface area contributed by atoms with Crippen LogP contribution in [-0.2, 0) is 36.9 Å². The summed E-state index contributed by atoms with van der Waals surface area (Å²) in [4.78, 5) is 12.6. The third kappa shape index (κ3) is 15.8. The van der Waals surface area contributed by atoms with Crippen molar-refractivity contribution in [1.29, 1.82) is 0 Å². The number of ether oxygens (including phenoxy) is 4. The fourth-order valence-electron chi connectivity index (χ4n) is 5.71. The van der Waals surface area contributed by atoms with Gasteiger partial charge in [-0.3, -0.25) is 9.48 Å². The highest BCUT2D eigenvalue weighted by molar-refractivity contribution is 5.77. The third-order valence-corrected chi connectivity index (χ3v) is 8.54. The molecular weight excluding hydrogens is 548 g/mol. The van der Waals surface area contributed by atoms with Gasteiger partial charge in [0, 0.05) is 24.0 Å². The Morgan fingerprint density at radius 1 is 0.860 bits per heavy atom. The van der Waals surface area contributed by atoms with E-state index in [0.29, 0.717) is 59.3 Å². The predicted molar refractivity (Wildman–Crippen MR) is 170 cm³/mol. The summed E-state index contributed by atoms with van der Waals surface area (Å²) in [6.45, 7) is 12.8. The molecule has 2 rings (SSSR count). The second kappa shape index (κ2) is 20.4. The Hall–Kier alpha value is -1.63. The van der Waals surface area contributed by atoms with E-state index >= 15 is 0 Å². The van der Waals surface area contributed by atoms with E-state index in [-0.39, 0.29) is 17.9 Å². The SMILES string of the molecule is CCCCCCCCCCn1cc(COCCOCCOCCOCCC(=O)NC2(C)CC(C)(N)CCCC2(C)N)nn1. The second-order valence-corrected chi connectivity index (χ2v) is 13.1. The maximum absolute atomic E-state index is 12.6. The van der Waals surface area contributed by atoms with Crippen LogP contribution in [0.2, 0.25) is 0 Å². The molecule has 250 valence electrons. The van der Waals surface area contributed by atoms with Gasteiger partial charge in [0.25, 0.3) is 0 Å². The molecule has 1 aliphatic carbocycles. The molecule has 1 heterocycles. The van der Waals surface area contributed by atoms with Gasteiger partial charge in [0.1, 0.15) is 5.69 Å². The Bertz CT molecular complexity index is 880. The number of amides is 1. The maximum Gasteiger partial charge on any atom is 0.222 e. The Morgan fingerprint density at radius 3 is 2.09 bits per heavy atom. The zero-order chi connectivity index (χ0) is 31.4. The van der Waals surface area contributed by atoms with Crippen LogP contribution in [-0.4, -0.2) is 83.8 Å². The number of unbranched alkanes of at least 4 members (excludes halogenated alkanes) is 7. The van der Waals surface area contributed by atoms with Gasteiger partial charge in [0.2, 0.25) is 5.91 Å². The van der Waals surface area contributed by atoms with Crippen LogP contribution in [0.1, 0.15) is 117 Å². The van der Waals surface area contributed by atoms with Gasteiger partial charge in [-0.25, -0.2) is 0 Å². The molecule has 0 bridgehead atoms. The Labute approximate surface area is 260 Å². The molecular formula is C32H62N6O5. The summed E-state index contributed by atoms with van der Waals surface area (Å²) < 4.78 is 24.2. The first-order valence-corrected chi connectivity index (χ1v) is 16.7. The largest absolute Gasteiger partial charge is 0.379 e. The lowest BCUT2D eigenvalue weighted by atomic mass is 9.73. The number of nitrogens with two attached hydrogens (primary N) is 2. The average molecular weight is 611 g/mol. The lowest BCUT2D eigenvalue weighted by Crippen LogP contribution is -2.67. The molecule has 43 heavy (non-hydrogen) atoms. The average Bonchev–Trinajstić information content (AvgIpc) is 3.36. The van der Waals surface area contributed by atoms with Crippen LogP contribution in [0, 0.1) is 0 Å². The number of hydrogen-bond acceptors (Lipinski definition) is 9. The quantitative estimate of drug-likeness (QED) is 0.115. The van der Waals surface area contributed by atoms with E-state index in [0.717, 1.165) is 37.9 Å². The standard InChI is InChI=1S/C32H62N6O5/c1-5-6-7-8-9-10-11-12-17-38-25-28(36-37-38)26-43-24-23-42-22-21-41-20-19-40-18-14-29(39)35-32(4)27-30(2,33)15-13-16-31(32,3)34/h25H,5-24,26-27,33-34H2,1-4H3,(H,35,39). The van der Waals surface area contributed by atoms with Crippen molar-refractivity contribution in [2.45, 2.75) is 141 Å². The summed E-state index contributed by atoms with van der Waals surface area (Å²) >= 11 is 0. The van der Waals surface area contributed by atoms with E-state index in [1.54, 1.807) is 0 Å². The Balaban J connectivity index is 1.39. The minimum absolute atomic E-state index is 0.0724. The number of aromatic nitrogens is 3. The molecule has 1 amide bonds. The van der Waals surface area contributed by atoms with Gasteiger partial charge in [0.05, 0.1) is 64.6 Å². The van der Waals surface area contributed by atoms with Gasteiger partial charge >= 0.3 is 0 Å². The van der Waals surface area contributed by atoms with Gasteiger partial charge < -0.3 is 35.7 Å². The normalized spacial score (nSPS) is 24.2. The zero-order valence-electron chi connectivity index (χ0n) is 27.7. The van der Waals surface area contributed by atoms with Crippen molar-refractivity contribution in [2.75, 3.05) is 46.2 Å². The molecule has 3 unspecified atom stereocenters. The molecule has 0 radical (unpaired) electrons. The fourth-order valence-corrected chi connectivity index (χ4v) is 5.71. The molecule has 11 nitrogen and oxygen atoms in total. The van der Waals surface area contributed by atoms with E-state index < -0.39 is 11.1 Å². The molecule has 1 fully saturated rings. The summed E-state index contributed by atoms with van der Waals surface area (Å²) in [7, 11) is 0. The van der Waals surface area contributed by atoms with Gasteiger partial charge in [-0.1, -0.05) is 57.1 Å². The summed E-state index contributed by atoms with van der Waals surface area (Å²) in [6, 6.07) is 0. The van der Waals surface area contributed by atoms with Crippen molar-refractivity contribution in [3.05, 3.63) is 11.9 Å². The number of carbonyl (C=O) groups excluding carboxylic acids is 1. The van der Waals surface area contributed by atoms with E-state index in [1.165, 1.54) is 44.9 Å². The van der Waals surface area contributed by atoms with Crippen molar-refractivity contribution in [2.24, 2.45) is 11.5 Å². The Morgan fingerprint density at radius 2 is 1.44 bits per heavy atom. The van der Waals surface area contributed by atoms with E-state index in [1.807, 2.05) is 31.6 Å². The molecule has 11 heteroatoms. The van der Waals surface area contributed by atoms with Crippen LogP contribution in [0.25, 0.3) is 0 Å². The lowest BCUT2D eigenvalue weighted by Gasteiger charge is -2.46. The molecule has 0 saturated heterocycles. The molecule has 0 aromatic carbocycles. The summed E-state index contributed by atoms with van der Waals surface area (Å²) in [5.74, 6) is -0.0724. The van der Waals surface area contributed by atoms with Gasteiger partial charge in [-0.15, -0.1) is 5.10 Å². The molecule has 0 aliphatic heterocycles. The van der Waals surface area contributed by atoms with Crippen LogP contribution in [0.3, 0.4) is 0 Å². The zero-order valence-corrected chi connectivity index (χ0v) is 27.7. The van der Waals surface area contributed by atoms with Crippen molar-refractivity contribution in [3.8, 4) is 0 Å². The molecule has 1 aromatic rings. The van der Waals surface area contributed by atoms with Crippen LogP contribution >= 0.6 is 0 Å². The van der Waals surface area contributed by atoms with Gasteiger partial charge in [-0.05, 0) is 52.9 Å². The number of nitrogens with zero attached hydrogens (tertiary/aromatic N) is 3. The number of hydrogen-bond donors (Lipinski definition) is 3. The van der Waals surface area contributed by atoms with Crippen molar-refractivity contribution in [1.82, 2.24) is 20.3 Å². The first-order valence-electron chi connectivity index (χ1n) is 16.7. The first kappa shape index (κ1) is 37.6. The van der Waals surface area contributed by atoms with Gasteiger partial charge in [-0.2, -0.15) is 0 Å². The minimum Gasteiger partial charge on any atom is -0.379 e. The van der Waals surface area contributed by atoms with Gasteiger partial charge in [0.15, 0.2) is 0 Å². The highest BCUT2D eigenvalue weighted by Crippen LogP contribution is 2.37. The molecule has 3 atom stereocenters. The topological polar surface area (TPSA) is 149 Å². The highest BCUT2D eigenvalue weighted by Gasteiger charge is 2.48. The molecule has 1 aromatic heterocycles. The monoisotopic (exact) mass is 610 g/mol. The van der Waals surface area contributed by atoms with E-state index in [2.05, 4.69) is 22.6 Å². The molecule has 1 aliphatic rings. The molecule has 5 N–H and O–H groups in total. The smallest absolute Gasteiger partial charge is 0.222 e. The number of carbonyl (C=O) groups is 1. The minimum atomic E-state index is -0.565. The molecule has 0 spiro atoms. The number of nitrogens with one attached hydrogen (secondary N) is 1. The predicted octanol–water partition coefficient (Wildman–Crippen LogP) is 4.26. The fraction of sp³-hybridized carbons (Fsp3) is 0.906. The maximum atomic E-state index is 12.6. The lowest BCUT2D eigenvalue weighted by molar-refractivity contribution is -0.125. The summed E-state index contributed by atoms with van der Waals surface area (Å²) in [5.41, 5.74) is 12.5. The first-order chi connectivity index (χ1) is 20.6. The van der Waals surface area contributed by atoms with E-state index in [4.69, 9.17) is 30.4 Å². The third-order valence-electron chi connectivity index (χ3n) is 8.54. The Kier molecular flexibility index (Phi) is 17.8. The second-order valence-electron chi connectivity index (χ2n) is 13.1. The number of rotatable bonds is 24. The summed E-state index contributed by atoms with van der Waals surface area (Å²) in [6.07, 6.45) is 16.0. The highest BCUT2D eigenvalue weighted by atomic mass is 16.6. The van der Waals surface area contributed by atoms with Crippen molar-refractivity contribution >= 4 is 5.91 Å². The summed E-state index contributed by atoms with van der Waals surface area (Å²) in [5, 5.41) is 11.5. The van der Waals surface area contributed by atoms with Crippen LogP contribution in [0.5, 0.6) is 0 Å². The van der Waals surface area contributed by atoms with Crippen LogP contribution in [0.15, 0.2) is 6.20 Å². The number of aryl methyl sites for hydroxylation is 1. The van der Waals surface area contributed by atoms with Crippen LogP contribution < -0.4 is 16.8 Å². The van der Waals surface area contributed by atoms with Crippen LogP contribution in [0.4, 0.5) is 0 Å². The molecule has 1 saturated carbocycles. The van der Waals surface area contributed by atoms with E-state index in [9.17, 15) is 4.79 Å². The van der Waals surface area contributed by atoms with Crippen molar-refractivity contribution < 1.29 is 23.7 Å².